The minimum atomic E-state index is -0.367. The maximum absolute atomic E-state index is 13.1. The fourth-order valence-corrected chi connectivity index (χ4v) is 5.26. The Morgan fingerprint density at radius 2 is 2.04 bits per heavy atom. The maximum atomic E-state index is 13.1. The topological polar surface area (TPSA) is 66.2 Å². The van der Waals surface area contributed by atoms with E-state index in [0.717, 1.165) is 24.3 Å². The van der Waals surface area contributed by atoms with Gasteiger partial charge < -0.3 is 4.57 Å². The summed E-state index contributed by atoms with van der Waals surface area (Å²) in [7, 11) is 1.67. The molecule has 4 rings (SSSR count). The summed E-state index contributed by atoms with van der Waals surface area (Å²) in [5, 5.41) is 0. The van der Waals surface area contributed by atoms with Gasteiger partial charge in [-0.05, 0) is 37.5 Å². The van der Waals surface area contributed by atoms with Crippen LogP contribution in [0.25, 0.3) is 16.9 Å². The van der Waals surface area contributed by atoms with E-state index in [-0.39, 0.29) is 23.2 Å². The van der Waals surface area contributed by atoms with Crippen molar-refractivity contribution in [3.05, 3.63) is 45.4 Å². The summed E-state index contributed by atoms with van der Waals surface area (Å²) in [5.41, 5.74) is 1.55. The van der Waals surface area contributed by atoms with Gasteiger partial charge in [-0.25, -0.2) is 4.79 Å². The third-order valence-electron chi connectivity index (χ3n) is 6.11. The second kappa shape index (κ2) is 6.22. The number of imidazole rings is 2. The molecule has 1 fully saturated rings. The molecule has 0 aromatic carbocycles. The average molecular weight is 383 g/mol. The predicted octanol–water partition coefficient (Wildman–Crippen LogP) is 3.03. The lowest BCUT2D eigenvalue weighted by Crippen LogP contribution is -2.39. The molecule has 28 heavy (non-hydrogen) atoms. The molecule has 150 valence electrons. The van der Waals surface area contributed by atoms with E-state index >= 15 is 0 Å². The van der Waals surface area contributed by atoms with Crippen molar-refractivity contribution in [1.82, 2.24) is 23.1 Å². The zero-order chi connectivity index (χ0) is 20.4. The van der Waals surface area contributed by atoms with Crippen LogP contribution in [-0.2, 0) is 13.6 Å². The van der Waals surface area contributed by atoms with Crippen LogP contribution in [-0.4, -0.2) is 23.1 Å². The van der Waals surface area contributed by atoms with Crippen molar-refractivity contribution in [1.29, 1.82) is 0 Å². The van der Waals surface area contributed by atoms with Crippen molar-refractivity contribution in [3.8, 4) is 0 Å². The number of nitrogens with zero attached hydrogens (tertiary/aromatic N) is 5. The largest absolute Gasteiger partial charge is 0.332 e. The van der Waals surface area contributed by atoms with Crippen LogP contribution in [0.3, 0.4) is 0 Å². The zero-order valence-electron chi connectivity index (χ0n) is 17.4. The normalized spacial score (nSPS) is 22.2. The second-order valence-corrected chi connectivity index (χ2v) is 9.21. The van der Waals surface area contributed by atoms with Crippen LogP contribution in [0.4, 0.5) is 0 Å². The van der Waals surface area contributed by atoms with E-state index in [1.807, 2.05) is 10.6 Å². The van der Waals surface area contributed by atoms with Crippen LogP contribution < -0.4 is 11.2 Å². The quantitative estimate of drug-likeness (QED) is 0.653. The molecule has 0 amide bonds. The smallest absolute Gasteiger partial charge is 0.311 e. The van der Waals surface area contributed by atoms with E-state index in [4.69, 9.17) is 4.98 Å². The molecular formula is C21H29N5O2. The summed E-state index contributed by atoms with van der Waals surface area (Å²) in [6.07, 6.45) is 6.93. The van der Waals surface area contributed by atoms with E-state index in [0.29, 0.717) is 23.1 Å². The number of aromatic nitrogens is 5. The Bertz CT molecular complexity index is 1200. The molecule has 3 aromatic rings. The number of aryl methyl sites for hydroxylation is 2. The minimum Gasteiger partial charge on any atom is -0.311 e. The maximum Gasteiger partial charge on any atom is 0.332 e. The lowest BCUT2D eigenvalue weighted by Gasteiger charge is -2.39. The molecule has 0 aliphatic heterocycles. The summed E-state index contributed by atoms with van der Waals surface area (Å²) in [4.78, 5) is 30.4. The van der Waals surface area contributed by atoms with Crippen molar-refractivity contribution in [2.45, 2.75) is 59.5 Å². The Morgan fingerprint density at radius 3 is 2.68 bits per heavy atom. The molecule has 1 aliphatic rings. The molecule has 3 heterocycles. The Labute approximate surface area is 163 Å². The lowest BCUT2D eigenvalue weighted by atomic mass is 9.70. The van der Waals surface area contributed by atoms with Crippen molar-refractivity contribution < 1.29 is 0 Å². The van der Waals surface area contributed by atoms with Crippen molar-refractivity contribution in [2.24, 2.45) is 18.4 Å². The van der Waals surface area contributed by atoms with Crippen LogP contribution in [0.5, 0.6) is 0 Å². The van der Waals surface area contributed by atoms with Gasteiger partial charge in [-0.2, -0.15) is 4.98 Å². The molecule has 2 atom stereocenters. The third kappa shape index (κ3) is 2.67. The number of hydrogen-bond acceptors (Lipinski definition) is 3. The standard InChI is InChI=1S/C21H29N5O2/c1-7-8-24-18(27)16-17(23(6)20(24)28)22-19-25(16)12-14(3)26(19)15-9-13(2)10-21(4,5)11-15/h7,12-13,15H,1,8-11H2,2-6H3/t13-,15-/m1/s1. The molecule has 0 spiro atoms. The van der Waals surface area contributed by atoms with Crippen LogP contribution >= 0.6 is 0 Å². The first-order valence-electron chi connectivity index (χ1n) is 9.95. The Morgan fingerprint density at radius 1 is 1.32 bits per heavy atom. The van der Waals surface area contributed by atoms with E-state index in [1.165, 1.54) is 15.6 Å². The fourth-order valence-electron chi connectivity index (χ4n) is 5.26. The van der Waals surface area contributed by atoms with Crippen LogP contribution in [0.2, 0.25) is 0 Å². The van der Waals surface area contributed by atoms with E-state index < -0.39 is 0 Å². The fraction of sp³-hybridized carbons (Fsp3) is 0.571. The van der Waals surface area contributed by atoms with Crippen molar-refractivity contribution in [3.63, 3.8) is 0 Å². The summed E-state index contributed by atoms with van der Waals surface area (Å²) in [6, 6.07) is 0.334. The van der Waals surface area contributed by atoms with Gasteiger partial charge >= 0.3 is 5.69 Å². The van der Waals surface area contributed by atoms with Crippen LogP contribution in [0.15, 0.2) is 28.4 Å². The highest BCUT2D eigenvalue weighted by Gasteiger charge is 2.34. The molecule has 1 aliphatic carbocycles. The first-order chi connectivity index (χ1) is 13.1. The Balaban J connectivity index is 2.01. The number of rotatable bonds is 3. The average Bonchev–Trinajstić information content (AvgIpc) is 3.09. The molecule has 1 saturated carbocycles. The Hall–Kier alpha value is -2.57. The predicted molar refractivity (Wildman–Crippen MR) is 111 cm³/mol. The van der Waals surface area contributed by atoms with Gasteiger partial charge in [-0.1, -0.05) is 26.8 Å². The monoisotopic (exact) mass is 383 g/mol. The van der Waals surface area contributed by atoms with Gasteiger partial charge in [-0.15, -0.1) is 6.58 Å². The van der Waals surface area contributed by atoms with E-state index in [1.54, 1.807) is 13.1 Å². The molecule has 7 nitrogen and oxygen atoms in total. The van der Waals surface area contributed by atoms with Crippen molar-refractivity contribution in [2.75, 3.05) is 0 Å². The second-order valence-electron chi connectivity index (χ2n) is 9.21. The molecule has 0 N–H and O–H groups in total. The van der Waals surface area contributed by atoms with Crippen LogP contribution in [0, 0.1) is 18.3 Å². The van der Waals surface area contributed by atoms with Gasteiger partial charge in [0.25, 0.3) is 5.56 Å². The molecule has 0 unspecified atom stereocenters. The number of fused-ring (bicyclic) bond motifs is 3. The highest BCUT2D eigenvalue weighted by atomic mass is 16.2. The van der Waals surface area contributed by atoms with Crippen LogP contribution in [0.1, 0.15) is 51.8 Å². The van der Waals surface area contributed by atoms with Gasteiger partial charge in [0, 0.05) is 31.5 Å². The van der Waals surface area contributed by atoms with Crippen molar-refractivity contribution >= 4 is 16.9 Å². The first-order valence-corrected chi connectivity index (χ1v) is 9.95. The third-order valence-corrected chi connectivity index (χ3v) is 6.11. The number of allylic oxidation sites excluding steroid dienone is 1. The Kier molecular flexibility index (Phi) is 4.17. The summed E-state index contributed by atoms with van der Waals surface area (Å²) >= 11 is 0. The van der Waals surface area contributed by atoms with Gasteiger partial charge in [0.1, 0.15) is 0 Å². The molecule has 3 aromatic heterocycles. The molecule has 0 bridgehead atoms. The highest BCUT2D eigenvalue weighted by molar-refractivity contribution is 5.75. The first kappa shape index (κ1) is 18.8. The number of hydrogen-bond donors (Lipinski definition) is 0. The van der Waals surface area contributed by atoms with Gasteiger partial charge in [0.15, 0.2) is 11.2 Å². The molecule has 0 saturated heterocycles. The summed E-state index contributed by atoms with van der Waals surface area (Å²) < 4.78 is 6.79. The van der Waals surface area contributed by atoms with Gasteiger partial charge in [-0.3, -0.25) is 18.3 Å². The van der Waals surface area contributed by atoms with Gasteiger partial charge in [0.05, 0.1) is 0 Å². The molecular weight excluding hydrogens is 354 g/mol. The zero-order valence-corrected chi connectivity index (χ0v) is 17.4. The van der Waals surface area contributed by atoms with Gasteiger partial charge in [0.2, 0.25) is 5.78 Å². The van der Waals surface area contributed by atoms with E-state index in [2.05, 4.69) is 38.8 Å². The van der Waals surface area contributed by atoms with E-state index in [9.17, 15) is 9.59 Å². The molecule has 0 radical (unpaired) electrons. The lowest BCUT2D eigenvalue weighted by molar-refractivity contribution is 0.138. The minimum absolute atomic E-state index is 0.183. The molecule has 7 heteroatoms. The summed E-state index contributed by atoms with van der Waals surface area (Å²) in [5.74, 6) is 1.38. The highest BCUT2D eigenvalue weighted by Crippen LogP contribution is 2.44. The SMILES string of the molecule is C=CCn1c(=O)c2c(nc3n([C@@H]4C[C@@H](C)CC(C)(C)C4)c(C)cn23)n(C)c1=O. The summed E-state index contributed by atoms with van der Waals surface area (Å²) in [6.45, 7) is 12.9.